The summed E-state index contributed by atoms with van der Waals surface area (Å²) in [6.45, 7) is 4.77. The van der Waals surface area contributed by atoms with Crippen LogP contribution in [0.4, 0.5) is 0 Å². The molecule has 39 heavy (non-hydrogen) atoms. The van der Waals surface area contributed by atoms with E-state index in [-0.39, 0.29) is 0 Å². The summed E-state index contributed by atoms with van der Waals surface area (Å²) < 4.78 is 0. The first-order valence-electron chi connectivity index (χ1n) is 13.2. The van der Waals surface area contributed by atoms with E-state index < -0.39 is 8.07 Å². The van der Waals surface area contributed by atoms with E-state index in [1.165, 1.54) is 21.5 Å². The number of aromatic nitrogens is 4. The second-order valence-corrected chi connectivity index (χ2v) is 14.6. The monoisotopic (exact) mass is 518 g/mol. The van der Waals surface area contributed by atoms with Gasteiger partial charge in [-0.3, -0.25) is 0 Å². The summed E-state index contributed by atoms with van der Waals surface area (Å²) in [4.78, 5) is 20.2. The van der Waals surface area contributed by atoms with E-state index in [0.717, 1.165) is 44.6 Å². The van der Waals surface area contributed by atoms with Gasteiger partial charge in [0.2, 0.25) is 0 Å². The molecule has 0 unspecified atom stereocenters. The normalized spacial score (nSPS) is 14.9. The van der Waals surface area contributed by atoms with Gasteiger partial charge in [0.1, 0.15) is 8.07 Å². The molecule has 4 aromatic carbocycles. The van der Waals surface area contributed by atoms with Crippen LogP contribution in [-0.2, 0) is 0 Å². The van der Waals surface area contributed by atoms with Gasteiger partial charge >= 0.3 is 0 Å². The third kappa shape index (κ3) is 3.90. The minimum atomic E-state index is -2.44. The standard InChI is InChI=1S/C34H26N4Si/c1-39(2)31(33-35-21-25-17-9-11-19-27(25)37-33)29(23-13-5-3-6-14-23)30(24-15-7-4-8-16-24)32(39)34-36-22-26-18-10-12-20-28(26)38-34/h3-22H,1-2H3. The SMILES string of the molecule is C[Si]1(C)C(c2ncc3ccccc3n2)=C(c2ccccc2)C(c2ccccc2)=C1c1ncc2ccccc2n1. The molecule has 0 N–H and O–H groups in total. The molecule has 4 nitrogen and oxygen atoms in total. The Morgan fingerprint density at radius 2 is 0.846 bits per heavy atom. The molecule has 0 bridgehead atoms. The van der Waals surface area contributed by atoms with E-state index in [1.54, 1.807) is 0 Å². The van der Waals surface area contributed by atoms with Crippen LogP contribution >= 0.6 is 0 Å². The topological polar surface area (TPSA) is 51.6 Å². The van der Waals surface area contributed by atoms with E-state index >= 15 is 0 Å². The lowest BCUT2D eigenvalue weighted by molar-refractivity contribution is 1.17. The molecule has 0 radical (unpaired) electrons. The third-order valence-corrected chi connectivity index (χ3v) is 11.0. The summed E-state index contributed by atoms with van der Waals surface area (Å²) >= 11 is 0. The van der Waals surface area contributed by atoms with Crippen LogP contribution in [0.2, 0.25) is 13.1 Å². The van der Waals surface area contributed by atoms with Gasteiger partial charge in [0.05, 0.1) is 11.0 Å². The van der Waals surface area contributed by atoms with Gasteiger partial charge < -0.3 is 0 Å². The van der Waals surface area contributed by atoms with Crippen molar-refractivity contribution >= 4 is 51.4 Å². The van der Waals surface area contributed by atoms with Crippen molar-refractivity contribution in [3.63, 3.8) is 0 Å². The van der Waals surface area contributed by atoms with E-state index in [0.29, 0.717) is 0 Å². The first-order valence-corrected chi connectivity index (χ1v) is 16.2. The summed E-state index contributed by atoms with van der Waals surface area (Å²) in [7, 11) is -2.44. The van der Waals surface area contributed by atoms with Crippen LogP contribution in [0, 0.1) is 0 Å². The smallest absolute Gasteiger partial charge is 0.152 e. The molecule has 186 valence electrons. The molecular weight excluding hydrogens is 492 g/mol. The Morgan fingerprint density at radius 3 is 1.28 bits per heavy atom. The fourth-order valence-electron chi connectivity index (χ4n) is 5.75. The van der Waals surface area contributed by atoms with E-state index in [9.17, 15) is 0 Å². The molecule has 2 aromatic heterocycles. The van der Waals surface area contributed by atoms with E-state index in [2.05, 4.69) is 98.0 Å². The highest BCUT2D eigenvalue weighted by molar-refractivity contribution is 7.13. The molecule has 6 aromatic rings. The Morgan fingerprint density at radius 1 is 0.462 bits per heavy atom. The molecule has 1 aliphatic heterocycles. The molecule has 5 heteroatoms. The molecular formula is C34H26N4Si. The lowest BCUT2D eigenvalue weighted by Crippen LogP contribution is -2.30. The first-order chi connectivity index (χ1) is 19.1. The first kappa shape index (κ1) is 23.4. The Kier molecular flexibility index (Phi) is 5.53. The van der Waals surface area contributed by atoms with Gasteiger partial charge in [-0.25, -0.2) is 19.9 Å². The summed E-state index contributed by atoms with van der Waals surface area (Å²) in [6, 6.07) is 37.6. The number of para-hydroxylation sites is 2. The highest BCUT2D eigenvalue weighted by atomic mass is 28.3. The fourth-order valence-corrected chi connectivity index (χ4v) is 9.15. The van der Waals surface area contributed by atoms with Crippen molar-refractivity contribution in [2.45, 2.75) is 13.1 Å². The number of nitrogens with zero attached hydrogens (tertiary/aromatic N) is 4. The maximum Gasteiger partial charge on any atom is 0.152 e. The zero-order valence-electron chi connectivity index (χ0n) is 21.8. The van der Waals surface area contributed by atoms with Crippen molar-refractivity contribution < 1.29 is 0 Å². The largest absolute Gasteiger partial charge is 0.237 e. The maximum atomic E-state index is 5.13. The zero-order valence-corrected chi connectivity index (χ0v) is 22.8. The molecule has 1 aliphatic rings. The second kappa shape index (κ2) is 9.22. The molecule has 0 atom stereocenters. The molecule has 0 aliphatic carbocycles. The summed E-state index contributed by atoms with van der Waals surface area (Å²) in [5.74, 6) is 1.57. The highest BCUT2D eigenvalue weighted by Crippen LogP contribution is 2.54. The minimum Gasteiger partial charge on any atom is -0.237 e. The van der Waals surface area contributed by atoms with Gasteiger partial charge in [-0.2, -0.15) is 0 Å². The van der Waals surface area contributed by atoms with Crippen LogP contribution < -0.4 is 0 Å². The second-order valence-electron chi connectivity index (χ2n) is 10.4. The number of allylic oxidation sites excluding steroid dienone is 2. The number of benzene rings is 4. The summed E-state index contributed by atoms with van der Waals surface area (Å²) in [5.41, 5.74) is 6.56. The third-order valence-electron chi connectivity index (χ3n) is 7.55. The lowest BCUT2D eigenvalue weighted by atomic mass is 9.91. The van der Waals surface area contributed by atoms with Crippen molar-refractivity contribution in [1.82, 2.24) is 19.9 Å². The predicted octanol–water partition coefficient (Wildman–Crippen LogP) is 7.90. The van der Waals surface area contributed by atoms with Crippen LogP contribution in [-0.4, -0.2) is 28.0 Å². The van der Waals surface area contributed by atoms with Crippen molar-refractivity contribution in [1.29, 1.82) is 0 Å². The minimum absolute atomic E-state index is 0.786. The van der Waals surface area contributed by atoms with Gasteiger partial charge in [0.15, 0.2) is 11.6 Å². The van der Waals surface area contributed by atoms with Gasteiger partial charge in [-0.05, 0) is 44.8 Å². The van der Waals surface area contributed by atoms with Gasteiger partial charge in [0.25, 0.3) is 0 Å². The average molecular weight is 519 g/mol. The van der Waals surface area contributed by atoms with Crippen LogP contribution in [0.5, 0.6) is 0 Å². The number of hydrogen-bond acceptors (Lipinski definition) is 4. The van der Waals surface area contributed by atoms with Crippen LogP contribution in [0.3, 0.4) is 0 Å². The Labute approximate surface area is 228 Å². The Bertz CT molecular complexity index is 1790. The number of rotatable bonds is 4. The quantitative estimate of drug-likeness (QED) is 0.223. The lowest BCUT2D eigenvalue weighted by Gasteiger charge is -2.24. The molecule has 0 fully saturated rings. The zero-order chi connectivity index (χ0) is 26.4. The molecule has 0 saturated carbocycles. The number of fused-ring (bicyclic) bond motifs is 2. The van der Waals surface area contributed by atoms with Crippen LogP contribution in [0.15, 0.2) is 122 Å². The Balaban J connectivity index is 1.59. The van der Waals surface area contributed by atoms with Gasteiger partial charge in [-0.1, -0.05) is 110 Å². The van der Waals surface area contributed by atoms with Gasteiger partial charge in [0, 0.05) is 23.2 Å². The van der Waals surface area contributed by atoms with Gasteiger partial charge in [-0.15, -0.1) is 0 Å². The summed E-state index contributed by atoms with van der Waals surface area (Å²) in [6.07, 6.45) is 3.90. The van der Waals surface area contributed by atoms with Crippen molar-refractivity contribution in [2.24, 2.45) is 0 Å². The average Bonchev–Trinajstić information content (AvgIpc) is 3.24. The van der Waals surface area contributed by atoms with E-state index in [1.807, 2.05) is 36.7 Å². The van der Waals surface area contributed by atoms with Crippen molar-refractivity contribution in [3.05, 3.63) is 144 Å². The fraction of sp³-hybridized carbons (Fsp3) is 0.0588. The summed E-state index contributed by atoms with van der Waals surface area (Å²) in [5, 5.41) is 4.50. The highest BCUT2D eigenvalue weighted by Gasteiger charge is 2.46. The van der Waals surface area contributed by atoms with E-state index in [4.69, 9.17) is 19.9 Å². The molecule has 3 heterocycles. The Hall–Kier alpha value is -4.74. The molecule has 0 amide bonds. The maximum absolute atomic E-state index is 5.13. The van der Waals surface area contributed by atoms with Crippen LogP contribution in [0.1, 0.15) is 22.8 Å². The molecule has 0 spiro atoms. The number of hydrogen-bond donors (Lipinski definition) is 0. The van der Waals surface area contributed by atoms with Crippen molar-refractivity contribution in [2.75, 3.05) is 0 Å². The van der Waals surface area contributed by atoms with Crippen LogP contribution in [0.25, 0.3) is 43.3 Å². The van der Waals surface area contributed by atoms with Crippen molar-refractivity contribution in [3.8, 4) is 0 Å². The molecule has 0 saturated heterocycles. The molecule has 7 rings (SSSR count). The predicted molar refractivity (Wildman–Crippen MR) is 163 cm³/mol.